The highest BCUT2D eigenvalue weighted by atomic mass is 19.1. The van der Waals surface area contributed by atoms with Gasteiger partial charge in [0.25, 0.3) is 0 Å². The summed E-state index contributed by atoms with van der Waals surface area (Å²) in [6, 6.07) is 12.9. The maximum atomic E-state index is 14.2. The normalized spacial score (nSPS) is 13.7. The first-order chi connectivity index (χ1) is 13.8. The molecule has 0 aliphatic heterocycles. The number of benzene rings is 2. The van der Waals surface area contributed by atoms with Crippen LogP contribution in [0.4, 0.5) is 4.39 Å². The fourth-order valence-electron chi connectivity index (χ4n) is 4.42. The lowest BCUT2D eigenvalue weighted by molar-refractivity contribution is -0.144. The molecule has 0 saturated carbocycles. The number of hydrogen-bond acceptors (Lipinski definition) is 2. The second kappa shape index (κ2) is 7.07. The summed E-state index contributed by atoms with van der Waals surface area (Å²) in [5.74, 6) is -0.558. The largest absolute Gasteiger partial charge is 0.466 e. The van der Waals surface area contributed by atoms with Gasteiger partial charge in [-0.25, -0.2) is 4.39 Å². The summed E-state index contributed by atoms with van der Waals surface area (Å²) in [4.78, 5) is 12.6. The third-order valence-electron chi connectivity index (χ3n) is 5.84. The molecule has 29 heavy (non-hydrogen) atoms. The van der Waals surface area contributed by atoms with E-state index in [9.17, 15) is 9.18 Å². The molecule has 150 valence electrons. The predicted molar refractivity (Wildman–Crippen MR) is 114 cm³/mol. The first-order valence-corrected chi connectivity index (χ1v) is 9.80. The molecule has 4 nitrogen and oxygen atoms in total. The number of carbonyl (C=O) groups excluding carboxylic acids is 1. The van der Waals surface area contributed by atoms with Crippen molar-refractivity contribution >= 4 is 27.8 Å². The minimum absolute atomic E-state index is 0.171. The number of ether oxygens (including phenoxy) is 1. The van der Waals surface area contributed by atoms with E-state index in [1.54, 1.807) is 19.1 Å². The smallest absolute Gasteiger partial charge is 0.307 e. The fraction of sp³-hybridized carbons (Fsp3) is 0.292. The van der Waals surface area contributed by atoms with E-state index in [0.29, 0.717) is 6.61 Å². The van der Waals surface area contributed by atoms with E-state index in [1.165, 1.54) is 6.07 Å². The maximum Gasteiger partial charge on any atom is 0.307 e. The highest BCUT2D eigenvalue weighted by molar-refractivity contribution is 5.91. The van der Waals surface area contributed by atoms with Crippen LogP contribution in [0, 0.1) is 5.82 Å². The van der Waals surface area contributed by atoms with Gasteiger partial charge in [0.1, 0.15) is 5.82 Å². The first kappa shape index (κ1) is 19.2. The van der Waals surface area contributed by atoms with Gasteiger partial charge in [0.05, 0.1) is 13.0 Å². The molecule has 2 aromatic carbocycles. The highest BCUT2D eigenvalue weighted by Gasteiger charge is 2.37. The van der Waals surface area contributed by atoms with Gasteiger partial charge in [0.2, 0.25) is 0 Å². The molecule has 2 heterocycles. The molecule has 0 aliphatic carbocycles. The molecule has 4 aromatic rings. The number of fused-ring (bicyclic) bond motifs is 2. The Morgan fingerprint density at radius 3 is 2.31 bits per heavy atom. The Bertz CT molecular complexity index is 1220. The number of esters is 1. The van der Waals surface area contributed by atoms with Gasteiger partial charge in [0.15, 0.2) is 0 Å². The molecular formula is C24H25FN2O2. The lowest BCUT2D eigenvalue weighted by Gasteiger charge is -2.29. The van der Waals surface area contributed by atoms with Gasteiger partial charge in [-0.05, 0) is 42.3 Å². The Kier molecular flexibility index (Phi) is 4.69. The number of rotatable bonds is 5. The van der Waals surface area contributed by atoms with Crippen LogP contribution < -0.4 is 0 Å². The summed E-state index contributed by atoms with van der Waals surface area (Å²) in [6.07, 6.45) is 4.25. The lowest BCUT2D eigenvalue weighted by atomic mass is 9.73. The number of carbonyl (C=O) groups is 1. The van der Waals surface area contributed by atoms with Crippen molar-refractivity contribution in [2.45, 2.75) is 25.7 Å². The molecular weight excluding hydrogens is 367 g/mol. The zero-order valence-corrected chi connectivity index (χ0v) is 17.2. The molecule has 4 rings (SSSR count). The third kappa shape index (κ3) is 3.11. The first-order valence-electron chi connectivity index (χ1n) is 9.80. The van der Waals surface area contributed by atoms with Crippen LogP contribution in [-0.4, -0.2) is 21.7 Å². The number of aryl methyl sites for hydroxylation is 2. The van der Waals surface area contributed by atoms with Gasteiger partial charge < -0.3 is 13.9 Å². The molecule has 0 aliphatic rings. The van der Waals surface area contributed by atoms with Crippen LogP contribution in [0.15, 0.2) is 54.9 Å². The molecule has 1 unspecified atom stereocenters. The molecule has 0 bridgehead atoms. The van der Waals surface area contributed by atoms with E-state index in [0.717, 1.165) is 32.9 Å². The summed E-state index contributed by atoms with van der Waals surface area (Å²) < 4.78 is 23.5. The van der Waals surface area contributed by atoms with Crippen molar-refractivity contribution < 1.29 is 13.9 Å². The summed E-state index contributed by atoms with van der Waals surface area (Å²) in [5, 5.41) is 1.89. The van der Waals surface area contributed by atoms with Crippen LogP contribution in [0.2, 0.25) is 0 Å². The Morgan fingerprint density at radius 1 is 1.00 bits per heavy atom. The lowest BCUT2D eigenvalue weighted by Crippen LogP contribution is -2.28. The van der Waals surface area contributed by atoms with Crippen molar-refractivity contribution in [3.05, 3.63) is 71.8 Å². The Balaban J connectivity index is 2.02. The standard InChI is InChI=1S/C24H25FN2O2/c1-5-29-23(28)13-24(2,19-14-26(3)21-9-7-6-8-17(19)21)20-15-27(4)22-11-10-16(25)12-18(20)22/h6-12,14-15H,5,13H2,1-4H3. The van der Waals surface area contributed by atoms with E-state index in [-0.39, 0.29) is 18.2 Å². The van der Waals surface area contributed by atoms with Crippen molar-refractivity contribution in [3.8, 4) is 0 Å². The van der Waals surface area contributed by atoms with E-state index in [1.807, 2.05) is 43.9 Å². The quantitative estimate of drug-likeness (QED) is 0.445. The third-order valence-corrected chi connectivity index (χ3v) is 5.84. The number of aromatic nitrogens is 2. The molecule has 0 N–H and O–H groups in total. The van der Waals surface area contributed by atoms with Crippen LogP contribution in [0.3, 0.4) is 0 Å². The highest BCUT2D eigenvalue weighted by Crippen LogP contribution is 2.43. The SMILES string of the molecule is CCOC(=O)CC(C)(c1cn(C)c2ccccc12)c1cn(C)c2ccc(F)cc12. The minimum Gasteiger partial charge on any atom is -0.466 e. The van der Waals surface area contributed by atoms with Crippen molar-refractivity contribution in [1.82, 2.24) is 9.13 Å². The summed E-state index contributed by atoms with van der Waals surface area (Å²) in [5.41, 5.74) is 3.28. The van der Waals surface area contributed by atoms with Gasteiger partial charge >= 0.3 is 5.97 Å². The van der Waals surface area contributed by atoms with Gasteiger partial charge in [-0.15, -0.1) is 0 Å². The Morgan fingerprint density at radius 2 is 1.62 bits per heavy atom. The average molecular weight is 392 g/mol. The van der Waals surface area contributed by atoms with E-state index >= 15 is 0 Å². The van der Waals surface area contributed by atoms with E-state index < -0.39 is 5.41 Å². The molecule has 0 amide bonds. The van der Waals surface area contributed by atoms with E-state index in [4.69, 9.17) is 4.74 Å². The fourth-order valence-corrected chi connectivity index (χ4v) is 4.42. The Labute approximate surface area is 169 Å². The Hall–Kier alpha value is -3.08. The van der Waals surface area contributed by atoms with Crippen molar-refractivity contribution in [2.75, 3.05) is 6.61 Å². The zero-order valence-electron chi connectivity index (χ0n) is 17.2. The molecule has 0 spiro atoms. The molecule has 0 fully saturated rings. The predicted octanol–water partition coefficient (Wildman–Crippen LogP) is 5.07. The second-order valence-corrected chi connectivity index (χ2v) is 7.80. The van der Waals surface area contributed by atoms with Crippen LogP contribution in [-0.2, 0) is 29.0 Å². The van der Waals surface area contributed by atoms with Gasteiger partial charge in [-0.1, -0.05) is 25.1 Å². The number of halogens is 1. The maximum absolute atomic E-state index is 14.2. The minimum atomic E-state index is -0.680. The van der Waals surface area contributed by atoms with Crippen molar-refractivity contribution in [1.29, 1.82) is 0 Å². The zero-order chi connectivity index (χ0) is 20.8. The molecule has 5 heteroatoms. The average Bonchev–Trinajstić information content (AvgIpc) is 3.20. The molecule has 1 atom stereocenters. The molecule has 0 saturated heterocycles. The number of para-hydroxylation sites is 1. The topological polar surface area (TPSA) is 36.2 Å². The van der Waals surface area contributed by atoms with Gasteiger partial charge in [0, 0.05) is 53.7 Å². The van der Waals surface area contributed by atoms with Gasteiger partial charge in [-0.3, -0.25) is 4.79 Å². The number of nitrogens with zero attached hydrogens (tertiary/aromatic N) is 2. The van der Waals surface area contributed by atoms with Crippen LogP contribution in [0.5, 0.6) is 0 Å². The monoisotopic (exact) mass is 392 g/mol. The summed E-state index contributed by atoms with van der Waals surface area (Å²) in [7, 11) is 3.94. The summed E-state index contributed by atoms with van der Waals surface area (Å²) in [6.45, 7) is 4.18. The number of hydrogen-bond donors (Lipinski definition) is 0. The molecule has 2 aromatic heterocycles. The van der Waals surface area contributed by atoms with Crippen LogP contribution in [0.25, 0.3) is 21.8 Å². The summed E-state index contributed by atoms with van der Waals surface area (Å²) >= 11 is 0. The van der Waals surface area contributed by atoms with Crippen molar-refractivity contribution in [3.63, 3.8) is 0 Å². The van der Waals surface area contributed by atoms with Crippen LogP contribution >= 0.6 is 0 Å². The second-order valence-electron chi connectivity index (χ2n) is 7.80. The van der Waals surface area contributed by atoms with Gasteiger partial charge in [-0.2, -0.15) is 0 Å². The van der Waals surface area contributed by atoms with Crippen LogP contribution in [0.1, 0.15) is 31.4 Å². The molecule has 0 radical (unpaired) electrons. The van der Waals surface area contributed by atoms with E-state index in [2.05, 4.69) is 22.9 Å². The van der Waals surface area contributed by atoms with Crippen molar-refractivity contribution in [2.24, 2.45) is 14.1 Å².